The molecule has 2 heterocycles. The van der Waals surface area contributed by atoms with E-state index in [1.165, 1.54) is 12.8 Å². The Balaban J connectivity index is 1.69. The largest absolute Gasteiger partial charge is 0.323 e. The van der Waals surface area contributed by atoms with Crippen molar-refractivity contribution in [1.82, 2.24) is 15.1 Å². The number of fused-ring (bicyclic) bond motifs is 1. The van der Waals surface area contributed by atoms with Gasteiger partial charge in [-0.3, -0.25) is 9.48 Å². The van der Waals surface area contributed by atoms with Crippen LogP contribution in [0.5, 0.6) is 0 Å². The van der Waals surface area contributed by atoms with Crippen molar-refractivity contribution in [3.63, 3.8) is 0 Å². The van der Waals surface area contributed by atoms with Gasteiger partial charge in [0.05, 0.1) is 17.3 Å². The molecule has 21 heavy (non-hydrogen) atoms. The zero-order valence-electron chi connectivity index (χ0n) is 13.1. The number of carbonyl (C=O) groups is 1. The summed E-state index contributed by atoms with van der Waals surface area (Å²) in [6.45, 7) is 7.01. The van der Waals surface area contributed by atoms with Crippen molar-refractivity contribution in [3.8, 4) is 0 Å². The fraction of sp³-hybridized carbons (Fsp3) is 0.750. The molecular formula is C16H26N4O. The summed E-state index contributed by atoms with van der Waals surface area (Å²) in [6.07, 6.45) is 8.31. The van der Waals surface area contributed by atoms with E-state index in [0.29, 0.717) is 11.8 Å². The minimum atomic E-state index is -0.196. The fourth-order valence-corrected chi connectivity index (χ4v) is 3.85. The first-order valence-corrected chi connectivity index (χ1v) is 8.15. The molecular weight excluding hydrogens is 264 g/mol. The molecule has 0 unspecified atom stereocenters. The fourth-order valence-electron chi connectivity index (χ4n) is 3.85. The maximum Gasteiger partial charge on any atom is 0.232 e. The van der Waals surface area contributed by atoms with Crippen LogP contribution in [0.1, 0.15) is 39.5 Å². The number of amides is 1. The molecule has 1 aliphatic heterocycles. The lowest BCUT2D eigenvalue weighted by Gasteiger charge is -2.36. The topological polar surface area (TPSA) is 59.0 Å². The molecule has 0 spiro atoms. The first-order valence-electron chi connectivity index (χ1n) is 8.15. The maximum atomic E-state index is 12.8. The highest BCUT2D eigenvalue weighted by Crippen LogP contribution is 2.44. The molecule has 5 heteroatoms. The van der Waals surface area contributed by atoms with E-state index in [-0.39, 0.29) is 11.3 Å². The van der Waals surface area contributed by atoms with Gasteiger partial charge in [0.25, 0.3) is 0 Å². The Morgan fingerprint density at radius 2 is 2.43 bits per heavy atom. The molecule has 2 N–H and O–H groups in total. The summed E-state index contributed by atoms with van der Waals surface area (Å²) < 4.78 is 1.91. The maximum absolute atomic E-state index is 12.8. The molecule has 5 nitrogen and oxygen atoms in total. The Morgan fingerprint density at radius 1 is 1.57 bits per heavy atom. The lowest BCUT2D eigenvalue weighted by Crippen LogP contribution is -2.44. The minimum Gasteiger partial charge on any atom is -0.323 e. The summed E-state index contributed by atoms with van der Waals surface area (Å²) in [4.78, 5) is 12.8. The third-order valence-corrected chi connectivity index (χ3v) is 4.93. The van der Waals surface area contributed by atoms with E-state index < -0.39 is 0 Å². The molecule has 2 atom stereocenters. The predicted molar refractivity (Wildman–Crippen MR) is 83.0 cm³/mol. The molecule has 1 saturated heterocycles. The van der Waals surface area contributed by atoms with Crippen molar-refractivity contribution in [1.29, 1.82) is 0 Å². The number of rotatable bonds is 4. The van der Waals surface area contributed by atoms with Crippen LogP contribution in [0.2, 0.25) is 0 Å². The van der Waals surface area contributed by atoms with Crippen LogP contribution in [0.3, 0.4) is 0 Å². The summed E-state index contributed by atoms with van der Waals surface area (Å²) in [6, 6.07) is 0. The van der Waals surface area contributed by atoms with E-state index in [2.05, 4.69) is 29.6 Å². The van der Waals surface area contributed by atoms with Crippen LogP contribution in [0.25, 0.3) is 0 Å². The smallest absolute Gasteiger partial charge is 0.232 e. The summed E-state index contributed by atoms with van der Waals surface area (Å²) in [5.41, 5.74) is 0.629. The Labute approximate surface area is 126 Å². The van der Waals surface area contributed by atoms with Gasteiger partial charge in [-0.1, -0.05) is 26.7 Å². The molecule has 116 valence electrons. The number of hydrogen-bond acceptors (Lipinski definition) is 3. The molecule has 1 amide bonds. The standard InChI is InChI=1S/C16H26N4O/c1-12(2)9-20-10-14(8-18-20)19-15(21)16-6-4-3-5-13(16)7-17-11-16/h8,10,12-13,17H,3-7,9,11H2,1-2H3,(H,19,21)/t13-,16+/m0/s1. The van der Waals surface area contributed by atoms with Crippen molar-refractivity contribution in [2.24, 2.45) is 17.3 Å². The second-order valence-corrected chi connectivity index (χ2v) is 7.03. The van der Waals surface area contributed by atoms with E-state index in [9.17, 15) is 4.79 Å². The monoisotopic (exact) mass is 290 g/mol. The van der Waals surface area contributed by atoms with E-state index in [4.69, 9.17) is 0 Å². The zero-order valence-corrected chi connectivity index (χ0v) is 13.1. The third-order valence-electron chi connectivity index (χ3n) is 4.93. The van der Waals surface area contributed by atoms with Crippen molar-refractivity contribution in [2.45, 2.75) is 46.1 Å². The van der Waals surface area contributed by atoms with Gasteiger partial charge in [0.15, 0.2) is 0 Å². The lowest BCUT2D eigenvalue weighted by molar-refractivity contribution is -0.128. The third kappa shape index (κ3) is 2.84. The Hall–Kier alpha value is -1.36. The van der Waals surface area contributed by atoms with Crippen LogP contribution in [-0.4, -0.2) is 28.8 Å². The van der Waals surface area contributed by atoms with Gasteiger partial charge < -0.3 is 10.6 Å². The van der Waals surface area contributed by atoms with Crippen LogP contribution in [0.15, 0.2) is 12.4 Å². The molecule has 3 rings (SSSR count). The molecule has 1 aliphatic carbocycles. The molecule has 1 saturated carbocycles. The number of nitrogens with zero attached hydrogens (tertiary/aromatic N) is 2. The van der Waals surface area contributed by atoms with Crippen LogP contribution >= 0.6 is 0 Å². The summed E-state index contributed by atoms with van der Waals surface area (Å²) in [5, 5.41) is 10.9. The zero-order chi connectivity index (χ0) is 14.9. The highest BCUT2D eigenvalue weighted by molar-refractivity contribution is 5.96. The Kier molecular flexibility index (Phi) is 4.02. The quantitative estimate of drug-likeness (QED) is 0.894. The van der Waals surface area contributed by atoms with Gasteiger partial charge in [-0.15, -0.1) is 0 Å². The average molecular weight is 290 g/mol. The van der Waals surface area contributed by atoms with Gasteiger partial charge in [0, 0.05) is 19.3 Å². The van der Waals surface area contributed by atoms with Gasteiger partial charge in [-0.2, -0.15) is 5.10 Å². The molecule has 1 aromatic rings. The van der Waals surface area contributed by atoms with Crippen molar-refractivity contribution < 1.29 is 4.79 Å². The predicted octanol–water partition coefficient (Wildman–Crippen LogP) is 2.26. The van der Waals surface area contributed by atoms with Crippen LogP contribution < -0.4 is 10.6 Å². The van der Waals surface area contributed by atoms with Crippen LogP contribution in [0, 0.1) is 17.3 Å². The average Bonchev–Trinajstić information content (AvgIpc) is 3.05. The number of hydrogen-bond donors (Lipinski definition) is 2. The molecule has 2 aliphatic rings. The highest BCUT2D eigenvalue weighted by atomic mass is 16.2. The lowest BCUT2D eigenvalue weighted by atomic mass is 9.67. The first kappa shape index (κ1) is 14.6. The van der Waals surface area contributed by atoms with Crippen LogP contribution in [-0.2, 0) is 11.3 Å². The van der Waals surface area contributed by atoms with Gasteiger partial charge in [0.1, 0.15) is 0 Å². The summed E-state index contributed by atoms with van der Waals surface area (Å²) >= 11 is 0. The Morgan fingerprint density at radius 3 is 3.24 bits per heavy atom. The van der Waals surface area contributed by atoms with E-state index in [1.807, 2.05) is 10.9 Å². The van der Waals surface area contributed by atoms with Gasteiger partial charge in [-0.25, -0.2) is 0 Å². The number of carbonyl (C=O) groups excluding carboxylic acids is 1. The second kappa shape index (κ2) is 5.79. The van der Waals surface area contributed by atoms with Crippen molar-refractivity contribution >= 4 is 11.6 Å². The number of aromatic nitrogens is 2. The van der Waals surface area contributed by atoms with Gasteiger partial charge >= 0.3 is 0 Å². The molecule has 0 aromatic carbocycles. The van der Waals surface area contributed by atoms with Crippen molar-refractivity contribution in [3.05, 3.63) is 12.4 Å². The summed E-state index contributed by atoms with van der Waals surface area (Å²) in [5.74, 6) is 1.23. The Bertz CT molecular complexity index is 510. The van der Waals surface area contributed by atoms with Gasteiger partial charge in [0.2, 0.25) is 5.91 Å². The van der Waals surface area contributed by atoms with Crippen LogP contribution in [0.4, 0.5) is 5.69 Å². The number of anilines is 1. The molecule has 2 fully saturated rings. The summed E-state index contributed by atoms with van der Waals surface area (Å²) in [7, 11) is 0. The first-order chi connectivity index (χ1) is 10.1. The molecule has 0 bridgehead atoms. The molecule has 0 radical (unpaired) electrons. The van der Waals surface area contributed by atoms with Gasteiger partial charge in [-0.05, 0) is 31.2 Å². The minimum absolute atomic E-state index is 0.182. The SMILES string of the molecule is CC(C)Cn1cc(NC(=O)[C@@]23CCCC[C@H]2CNC3)cn1. The van der Waals surface area contributed by atoms with E-state index >= 15 is 0 Å². The normalized spacial score (nSPS) is 28.6. The number of nitrogens with one attached hydrogen (secondary N) is 2. The highest BCUT2D eigenvalue weighted by Gasteiger charge is 2.49. The van der Waals surface area contributed by atoms with E-state index in [1.54, 1.807) is 6.20 Å². The van der Waals surface area contributed by atoms with E-state index in [0.717, 1.165) is 38.2 Å². The second-order valence-electron chi connectivity index (χ2n) is 7.03. The van der Waals surface area contributed by atoms with Crippen molar-refractivity contribution in [2.75, 3.05) is 18.4 Å². The molecule has 1 aromatic heterocycles.